The summed E-state index contributed by atoms with van der Waals surface area (Å²) in [5.41, 5.74) is 0.749. The lowest BCUT2D eigenvalue weighted by molar-refractivity contribution is -0.366. The summed E-state index contributed by atoms with van der Waals surface area (Å²) >= 11 is 0. The standard InChI is InChI=1S/C19H21F3N2O5/c20-19(21,22)18(25,26)17-23-13-16(29-17)6-3-14-1-4-15(5-2-14)28-12-9-24-7-10-27-11-8-24/h1-6,13,25-26H,7-12H2/b6-3+. The maximum Gasteiger partial charge on any atom is 0.453 e. The lowest BCUT2D eigenvalue weighted by Gasteiger charge is -2.26. The summed E-state index contributed by atoms with van der Waals surface area (Å²) in [6.45, 7) is 4.64. The monoisotopic (exact) mass is 414 g/mol. The van der Waals surface area contributed by atoms with Crippen LogP contribution in [-0.2, 0) is 10.5 Å². The molecule has 0 atom stereocenters. The molecule has 0 bridgehead atoms. The number of alkyl halides is 3. The zero-order chi connectivity index (χ0) is 20.9. The number of ether oxygens (including phenoxy) is 2. The molecular weight excluding hydrogens is 393 g/mol. The van der Waals surface area contributed by atoms with Gasteiger partial charge in [-0.15, -0.1) is 0 Å². The second-order valence-electron chi connectivity index (χ2n) is 6.44. The minimum atomic E-state index is -5.32. The fraction of sp³-hybridized carbons (Fsp3) is 0.421. The van der Waals surface area contributed by atoms with Gasteiger partial charge in [0.05, 0.1) is 19.4 Å². The number of aliphatic hydroxyl groups is 2. The molecule has 7 nitrogen and oxygen atoms in total. The summed E-state index contributed by atoms with van der Waals surface area (Å²) in [5.74, 6) is -4.73. The van der Waals surface area contributed by atoms with Crippen molar-refractivity contribution < 1.29 is 37.3 Å². The molecule has 0 unspecified atom stereocenters. The second kappa shape index (κ2) is 8.95. The molecule has 1 aromatic carbocycles. The molecule has 0 saturated carbocycles. The van der Waals surface area contributed by atoms with E-state index >= 15 is 0 Å². The summed E-state index contributed by atoms with van der Waals surface area (Å²) in [7, 11) is 0. The lowest BCUT2D eigenvalue weighted by atomic mass is 10.2. The number of aromatic nitrogens is 1. The number of hydrogen-bond donors (Lipinski definition) is 2. The molecule has 2 heterocycles. The van der Waals surface area contributed by atoms with E-state index < -0.39 is 17.9 Å². The Morgan fingerprint density at radius 3 is 2.45 bits per heavy atom. The van der Waals surface area contributed by atoms with Gasteiger partial charge in [-0.1, -0.05) is 18.2 Å². The van der Waals surface area contributed by atoms with Gasteiger partial charge in [0.2, 0.25) is 0 Å². The third kappa shape index (κ3) is 5.57. The van der Waals surface area contributed by atoms with Gasteiger partial charge in [0, 0.05) is 19.6 Å². The van der Waals surface area contributed by atoms with Crippen LogP contribution in [0.25, 0.3) is 12.2 Å². The molecule has 0 aliphatic carbocycles. The van der Waals surface area contributed by atoms with Gasteiger partial charge in [-0.3, -0.25) is 4.90 Å². The van der Waals surface area contributed by atoms with Crippen LogP contribution in [0.3, 0.4) is 0 Å². The Kier molecular flexibility index (Phi) is 6.58. The minimum absolute atomic E-state index is 0.0532. The summed E-state index contributed by atoms with van der Waals surface area (Å²) in [6, 6.07) is 7.10. The molecule has 2 aromatic rings. The minimum Gasteiger partial charge on any atom is -0.492 e. The molecule has 1 aliphatic heterocycles. The van der Waals surface area contributed by atoms with Gasteiger partial charge < -0.3 is 24.1 Å². The lowest BCUT2D eigenvalue weighted by Crippen LogP contribution is -2.42. The van der Waals surface area contributed by atoms with Gasteiger partial charge in [-0.25, -0.2) is 4.98 Å². The van der Waals surface area contributed by atoms with Gasteiger partial charge in [0.1, 0.15) is 18.1 Å². The molecular formula is C19H21F3N2O5. The van der Waals surface area contributed by atoms with Gasteiger partial charge in [-0.05, 0) is 23.8 Å². The van der Waals surface area contributed by atoms with Crippen molar-refractivity contribution in [3.63, 3.8) is 0 Å². The number of oxazole rings is 1. The predicted molar refractivity (Wildman–Crippen MR) is 96.8 cm³/mol. The largest absolute Gasteiger partial charge is 0.492 e. The Labute approximate surface area is 165 Å². The smallest absolute Gasteiger partial charge is 0.453 e. The molecule has 1 aliphatic rings. The Hall–Kier alpha value is -2.40. The zero-order valence-electron chi connectivity index (χ0n) is 15.4. The number of nitrogens with zero attached hydrogens (tertiary/aromatic N) is 2. The van der Waals surface area contributed by atoms with Crippen molar-refractivity contribution in [2.24, 2.45) is 0 Å². The van der Waals surface area contributed by atoms with Crippen LogP contribution in [0.4, 0.5) is 13.2 Å². The van der Waals surface area contributed by atoms with Crippen molar-refractivity contribution in [2.75, 3.05) is 39.5 Å². The Morgan fingerprint density at radius 2 is 1.79 bits per heavy atom. The van der Waals surface area contributed by atoms with Crippen molar-refractivity contribution in [2.45, 2.75) is 12.0 Å². The highest BCUT2D eigenvalue weighted by molar-refractivity contribution is 5.67. The first-order chi connectivity index (χ1) is 13.8. The van der Waals surface area contributed by atoms with E-state index in [1.807, 2.05) is 0 Å². The van der Waals surface area contributed by atoms with E-state index in [1.165, 1.54) is 6.08 Å². The van der Waals surface area contributed by atoms with E-state index in [2.05, 4.69) is 9.88 Å². The first-order valence-corrected chi connectivity index (χ1v) is 8.94. The number of rotatable bonds is 7. The van der Waals surface area contributed by atoms with Crippen LogP contribution in [0.2, 0.25) is 0 Å². The van der Waals surface area contributed by atoms with Gasteiger partial charge >= 0.3 is 12.0 Å². The molecule has 158 valence electrons. The molecule has 0 radical (unpaired) electrons. The van der Waals surface area contributed by atoms with Crippen molar-refractivity contribution in [1.82, 2.24) is 9.88 Å². The predicted octanol–water partition coefficient (Wildman–Crippen LogP) is 2.26. The van der Waals surface area contributed by atoms with Gasteiger partial charge in [0.25, 0.3) is 5.89 Å². The number of halogens is 3. The average molecular weight is 414 g/mol. The highest BCUT2D eigenvalue weighted by atomic mass is 19.4. The molecule has 0 amide bonds. The Balaban J connectivity index is 1.52. The third-order valence-corrected chi connectivity index (χ3v) is 4.32. The maximum absolute atomic E-state index is 12.6. The van der Waals surface area contributed by atoms with E-state index in [4.69, 9.17) is 24.1 Å². The van der Waals surface area contributed by atoms with Crippen LogP contribution in [0, 0.1) is 0 Å². The highest BCUT2D eigenvalue weighted by Crippen LogP contribution is 2.36. The van der Waals surface area contributed by atoms with Crippen molar-refractivity contribution in [1.29, 1.82) is 0 Å². The van der Waals surface area contributed by atoms with Crippen LogP contribution in [0.1, 0.15) is 17.2 Å². The van der Waals surface area contributed by atoms with E-state index in [0.717, 1.165) is 44.6 Å². The first kappa shape index (κ1) is 21.3. The van der Waals surface area contributed by atoms with Gasteiger partial charge in [-0.2, -0.15) is 13.2 Å². The topological polar surface area (TPSA) is 88.2 Å². The molecule has 29 heavy (non-hydrogen) atoms. The van der Waals surface area contributed by atoms with Crippen LogP contribution in [0.15, 0.2) is 34.9 Å². The van der Waals surface area contributed by atoms with Crippen LogP contribution in [-0.4, -0.2) is 65.7 Å². The average Bonchev–Trinajstić information content (AvgIpc) is 3.17. The summed E-state index contributed by atoms with van der Waals surface area (Å²) in [6.07, 6.45) is -1.39. The van der Waals surface area contributed by atoms with E-state index in [9.17, 15) is 13.2 Å². The van der Waals surface area contributed by atoms with E-state index in [0.29, 0.717) is 12.4 Å². The number of morpholine rings is 1. The molecule has 2 N–H and O–H groups in total. The van der Waals surface area contributed by atoms with Crippen molar-refractivity contribution >= 4 is 12.2 Å². The van der Waals surface area contributed by atoms with E-state index in [1.54, 1.807) is 30.3 Å². The number of hydrogen-bond acceptors (Lipinski definition) is 7. The molecule has 3 rings (SSSR count). The fourth-order valence-corrected chi connectivity index (χ4v) is 2.62. The Morgan fingerprint density at radius 1 is 1.10 bits per heavy atom. The first-order valence-electron chi connectivity index (χ1n) is 8.94. The van der Waals surface area contributed by atoms with Crippen LogP contribution in [0.5, 0.6) is 5.75 Å². The van der Waals surface area contributed by atoms with Crippen LogP contribution >= 0.6 is 0 Å². The number of benzene rings is 1. The normalized spacial score (nSPS) is 16.4. The Bertz CT molecular complexity index is 812. The molecule has 0 spiro atoms. The molecule has 1 saturated heterocycles. The SMILES string of the molecule is OC(O)(c1ncc(/C=C/c2ccc(OCCN3CCOCC3)cc2)o1)C(F)(F)F. The maximum atomic E-state index is 12.6. The van der Waals surface area contributed by atoms with Crippen LogP contribution < -0.4 is 4.74 Å². The highest BCUT2D eigenvalue weighted by Gasteiger charge is 2.58. The quantitative estimate of drug-likeness (QED) is 0.672. The molecule has 1 fully saturated rings. The van der Waals surface area contributed by atoms with Crippen molar-refractivity contribution in [3.8, 4) is 5.75 Å². The molecule has 10 heteroatoms. The second-order valence-corrected chi connectivity index (χ2v) is 6.44. The zero-order valence-corrected chi connectivity index (χ0v) is 15.4. The fourth-order valence-electron chi connectivity index (χ4n) is 2.62. The van der Waals surface area contributed by atoms with Crippen molar-refractivity contribution in [3.05, 3.63) is 47.7 Å². The summed E-state index contributed by atoms with van der Waals surface area (Å²) in [5, 5.41) is 18.3. The van der Waals surface area contributed by atoms with Gasteiger partial charge in [0.15, 0.2) is 0 Å². The summed E-state index contributed by atoms with van der Waals surface area (Å²) in [4.78, 5) is 5.55. The molecule has 1 aromatic heterocycles. The third-order valence-electron chi connectivity index (χ3n) is 4.32. The summed E-state index contributed by atoms with van der Waals surface area (Å²) < 4.78 is 53.5. The van der Waals surface area contributed by atoms with E-state index in [-0.39, 0.29) is 5.76 Å².